The van der Waals surface area contributed by atoms with Crippen molar-refractivity contribution in [2.75, 3.05) is 7.11 Å². The minimum absolute atomic E-state index is 0.0880. The Labute approximate surface area is 144 Å². The Balaban J connectivity index is 2.34. The van der Waals surface area contributed by atoms with Gasteiger partial charge in [-0.3, -0.25) is 0 Å². The molecule has 0 aliphatic rings. The molecule has 0 saturated heterocycles. The lowest BCUT2D eigenvalue weighted by Gasteiger charge is -2.17. The second-order valence-corrected chi connectivity index (χ2v) is 6.00. The molecule has 114 valence electrons. The van der Waals surface area contributed by atoms with Gasteiger partial charge in [0.05, 0.1) is 12.1 Å². The number of rotatable bonds is 3. The number of nitrogens with zero attached hydrogens (tertiary/aromatic N) is 1. The number of benzene rings is 1. The van der Waals surface area contributed by atoms with Gasteiger partial charge in [-0.15, -0.1) is 0 Å². The molecule has 0 radical (unpaired) electrons. The molecule has 0 aliphatic heterocycles. The van der Waals surface area contributed by atoms with Crippen molar-refractivity contribution in [2.24, 2.45) is 0 Å². The molecule has 22 heavy (non-hydrogen) atoms. The molecule has 0 spiro atoms. The van der Waals surface area contributed by atoms with Crippen LogP contribution in [-0.4, -0.2) is 17.1 Å². The quantitative estimate of drug-likeness (QED) is 0.665. The Hall–Kier alpha value is -1.59. The van der Waals surface area contributed by atoms with Crippen LogP contribution in [0.4, 0.5) is 4.39 Å². The molecule has 2 heterocycles. The minimum Gasteiger partial charge on any atom is -0.496 e. The highest BCUT2D eigenvalue weighted by Crippen LogP contribution is 2.40. The Morgan fingerprint density at radius 1 is 1.50 bits per heavy atom. The largest absolute Gasteiger partial charge is 0.496 e. The van der Waals surface area contributed by atoms with Crippen LogP contribution in [0, 0.1) is 5.82 Å². The summed E-state index contributed by atoms with van der Waals surface area (Å²) in [5.74, 6) is -1.67. The summed E-state index contributed by atoms with van der Waals surface area (Å²) in [6.07, 6.45) is 3.16. The fourth-order valence-corrected chi connectivity index (χ4v) is 2.98. The van der Waals surface area contributed by atoms with Gasteiger partial charge in [-0.05, 0) is 39.7 Å². The van der Waals surface area contributed by atoms with Crippen LogP contribution in [0.15, 0.2) is 35.1 Å². The van der Waals surface area contributed by atoms with Crippen LogP contribution in [0.5, 0.6) is 5.75 Å². The molecule has 3 aromatic rings. The first-order valence-electron chi connectivity index (χ1n) is 7.88. The van der Waals surface area contributed by atoms with E-state index < -0.39 is 18.6 Å². The van der Waals surface area contributed by atoms with Gasteiger partial charge in [0, 0.05) is 37.8 Å². The smallest absolute Gasteiger partial charge is 0.142 e. The molecule has 1 unspecified atom stereocenters. The zero-order chi connectivity index (χ0) is 18.4. The third-order valence-corrected chi connectivity index (χ3v) is 4.26. The van der Waals surface area contributed by atoms with Crippen molar-refractivity contribution in [2.45, 2.75) is 12.8 Å². The molecule has 0 aliphatic carbocycles. The van der Waals surface area contributed by atoms with Crippen molar-refractivity contribution in [3.8, 4) is 5.75 Å². The molecule has 2 aromatic heterocycles. The van der Waals surface area contributed by atoms with Crippen molar-refractivity contribution in [3.63, 3.8) is 0 Å². The van der Waals surface area contributed by atoms with Crippen molar-refractivity contribution in [1.29, 1.82) is 0 Å². The maximum atomic E-state index is 14.1. The topological polar surface area (TPSA) is 37.9 Å². The molecular formula is C16H13BrClFN2O. The number of H-pyrrole nitrogens is 1. The minimum atomic E-state index is -2.48. The number of halogens is 3. The lowest BCUT2D eigenvalue weighted by atomic mass is 9.92. The molecule has 1 aromatic carbocycles. The van der Waals surface area contributed by atoms with Crippen LogP contribution in [0.2, 0.25) is 5.02 Å². The van der Waals surface area contributed by atoms with Crippen LogP contribution in [0.25, 0.3) is 11.0 Å². The molecule has 6 heteroatoms. The average molecular weight is 387 g/mol. The van der Waals surface area contributed by atoms with Gasteiger partial charge in [0.2, 0.25) is 0 Å². The molecule has 3 rings (SSSR count). The number of aromatic nitrogens is 2. The zero-order valence-corrected chi connectivity index (χ0v) is 13.8. The highest BCUT2D eigenvalue weighted by atomic mass is 79.9. The fraction of sp³-hybridized carbons (Fsp3) is 0.188. The van der Waals surface area contributed by atoms with Gasteiger partial charge in [-0.2, -0.15) is 0 Å². The summed E-state index contributed by atoms with van der Waals surface area (Å²) in [7, 11) is 1.39. The third kappa shape index (κ3) is 2.48. The first-order valence-corrected chi connectivity index (χ1v) is 7.55. The molecule has 3 nitrogen and oxygen atoms in total. The first kappa shape index (κ1) is 11.9. The Morgan fingerprint density at radius 2 is 2.32 bits per heavy atom. The molecular weight excluding hydrogens is 371 g/mol. The van der Waals surface area contributed by atoms with E-state index in [0.717, 1.165) is 6.07 Å². The second kappa shape index (κ2) is 5.89. The van der Waals surface area contributed by atoms with E-state index in [1.165, 1.54) is 13.2 Å². The summed E-state index contributed by atoms with van der Waals surface area (Å²) in [5.41, 5.74) is 1.05. The summed E-state index contributed by atoms with van der Waals surface area (Å²) in [6, 6.07) is 4.28. The predicted molar refractivity (Wildman–Crippen MR) is 89.3 cm³/mol. The highest BCUT2D eigenvalue weighted by Gasteiger charge is 2.22. The molecule has 0 bridgehead atoms. The maximum absolute atomic E-state index is 14.1. The lowest BCUT2D eigenvalue weighted by Crippen LogP contribution is -2.02. The average Bonchev–Trinajstić information content (AvgIpc) is 2.93. The first-order chi connectivity index (χ1) is 11.7. The van der Waals surface area contributed by atoms with Crippen molar-refractivity contribution < 1.29 is 13.2 Å². The lowest BCUT2D eigenvalue weighted by molar-refractivity contribution is 0.407. The number of methoxy groups -OCH3 is 1. The van der Waals surface area contributed by atoms with E-state index in [4.69, 9.17) is 20.5 Å². The number of aromatic amines is 1. The van der Waals surface area contributed by atoms with Gasteiger partial charge in [-0.25, -0.2) is 9.37 Å². The molecule has 1 N–H and O–H groups in total. The molecule has 0 amide bonds. The Kier molecular flexibility index (Phi) is 3.19. The van der Waals surface area contributed by atoms with E-state index in [9.17, 15) is 4.39 Å². The van der Waals surface area contributed by atoms with Gasteiger partial charge in [0.25, 0.3) is 0 Å². The SMILES string of the molecule is [2H]C([2H])([2H])C(c1c(OC)ccc(F)c1Cl)c1c[nH]c2ncc(Br)cc12. The van der Waals surface area contributed by atoms with E-state index in [1.807, 2.05) is 0 Å². The van der Waals surface area contributed by atoms with Crippen molar-refractivity contribution >= 4 is 38.6 Å². The van der Waals surface area contributed by atoms with Gasteiger partial charge < -0.3 is 9.72 Å². The number of pyridine rings is 1. The van der Waals surface area contributed by atoms with Gasteiger partial charge in [0.15, 0.2) is 0 Å². The van der Waals surface area contributed by atoms with E-state index in [1.54, 1.807) is 18.5 Å². The van der Waals surface area contributed by atoms with Gasteiger partial charge in [0.1, 0.15) is 17.2 Å². The Bertz CT molecular complexity index is 945. The van der Waals surface area contributed by atoms with Crippen LogP contribution in [0.1, 0.15) is 28.0 Å². The molecule has 0 saturated carbocycles. The van der Waals surface area contributed by atoms with E-state index in [0.29, 0.717) is 21.1 Å². The normalized spacial score (nSPS) is 15.2. The monoisotopic (exact) mass is 385 g/mol. The number of ether oxygens (including phenoxy) is 1. The summed E-state index contributed by atoms with van der Waals surface area (Å²) in [6.45, 7) is -2.48. The Morgan fingerprint density at radius 3 is 3.05 bits per heavy atom. The summed E-state index contributed by atoms with van der Waals surface area (Å²) in [4.78, 5) is 7.17. The molecule has 1 atom stereocenters. The van der Waals surface area contributed by atoms with Crippen LogP contribution in [-0.2, 0) is 0 Å². The van der Waals surface area contributed by atoms with Crippen molar-refractivity contribution in [1.82, 2.24) is 9.97 Å². The van der Waals surface area contributed by atoms with Crippen LogP contribution >= 0.6 is 27.5 Å². The van der Waals surface area contributed by atoms with E-state index >= 15 is 0 Å². The summed E-state index contributed by atoms with van der Waals surface area (Å²) in [5, 5.41) is 0.343. The summed E-state index contributed by atoms with van der Waals surface area (Å²) >= 11 is 9.47. The molecule has 0 fully saturated rings. The van der Waals surface area contributed by atoms with E-state index in [-0.39, 0.29) is 16.3 Å². The predicted octanol–water partition coefficient (Wildman–Crippen LogP) is 5.28. The number of fused-ring (bicyclic) bond motifs is 1. The fourth-order valence-electron chi connectivity index (χ4n) is 2.39. The number of hydrogen-bond acceptors (Lipinski definition) is 2. The van der Waals surface area contributed by atoms with Crippen molar-refractivity contribution in [3.05, 3.63) is 57.0 Å². The van der Waals surface area contributed by atoms with Crippen LogP contribution < -0.4 is 4.74 Å². The van der Waals surface area contributed by atoms with Gasteiger partial charge in [-0.1, -0.05) is 18.5 Å². The number of hydrogen-bond donors (Lipinski definition) is 1. The van der Waals surface area contributed by atoms with E-state index in [2.05, 4.69) is 25.9 Å². The highest BCUT2D eigenvalue weighted by molar-refractivity contribution is 9.10. The third-order valence-electron chi connectivity index (χ3n) is 3.44. The maximum Gasteiger partial charge on any atom is 0.142 e. The second-order valence-electron chi connectivity index (χ2n) is 4.70. The van der Waals surface area contributed by atoms with Crippen LogP contribution in [0.3, 0.4) is 0 Å². The standard InChI is InChI=1S/C16H13BrClFN2O/c1-8(14-13(22-2)4-3-12(19)15(14)18)11-7-21-16-10(11)5-9(17)6-20-16/h3-8H,1-2H3,(H,20,21)/i1D3. The van der Waals surface area contributed by atoms with Gasteiger partial charge >= 0.3 is 0 Å². The summed E-state index contributed by atoms with van der Waals surface area (Å²) < 4.78 is 44.1. The zero-order valence-electron chi connectivity index (χ0n) is 14.5. The number of nitrogens with one attached hydrogen (secondary N) is 1.